The van der Waals surface area contributed by atoms with Crippen LogP contribution in [0.3, 0.4) is 0 Å². The molecule has 0 spiro atoms. The molecule has 182 valence electrons. The van der Waals surface area contributed by atoms with Gasteiger partial charge in [0.25, 0.3) is 0 Å². The fraction of sp³-hybridized carbons (Fsp3) is 0.179. The van der Waals surface area contributed by atoms with Crippen LogP contribution in [0, 0.1) is 5.82 Å². The first kappa shape index (κ1) is 21.6. The molecule has 6 aromatic rings. The van der Waals surface area contributed by atoms with Crippen molar-refractivity contribution in [3.8, 4) is 33.8 Å². The van der Waals surface area contributed by atoms with Crippen LogP contribution in [-0.4, -0.2) is 48.2 Å². The van der Waals surface area contributed by atoms with Gasteiger partial charge in [-0.25, -0.2) is 14.4 Å². The average Bonchev–Trinajstić information content (AvgIpc) is 3.57. The lowest BCUT2D eigenvalue weighted by Crippen LogP contribution is -2.29. The number of fused-ring (bicyclic) bond motifs is 2. The second kappa shape index (κ2) is 8.77. The maximum atomic E-state index is 14.7. The highest BCUT2D eigenvalue weighted by atomic mass is 19.1. The SMILES string of the molecule is Fc1cc(-c2cncc3[nH]c(-c4[nH]nc5ncc(-c6cccnc6)cc45)nc23)cc(N2CCCCC2)c1. The van der Waals surface area contributed by atoms with E-state index in [1.165, 1.54) is 6.42 Å². The first-order chi connectivity index (χ1) is 18.2. The van der Waals surface area contributed by atoms with Crippen LogP contribution in [-0.2, 0) is 0 Å². The highest BCUT2D eigenvalue weighted by Crippen LogP contribution is 2.34. The normalized spacial score (nSPS) is 14.0. The number of nitrogens with zero attached hydrogens (tertiary/aromatic N) is 6. The summed E-state index contributed by atoms with van der Waals surface area (Å²) in [6, 6.07) is 11.1. The number of rotatable bonds is 4. The molecule has 37 heavy (non-hydrogen) atoms. The second-order valence-corrected chi connectivity index (χ2v) is 9.35. The van der Waals surface area contributed by atoms with Crippen molar-refractivity contribution in [2.75, 3.05) is 18.0 Å². The van der Waals surface area contributed by atoms with E-state index < -0.39 is 0 Å². The number of H-pyrrole nitrogens is 2. The summed E-state index contributed by atoms with van der Waals surface area (Å²) in [6.07, 6.45) is 12.3. The summed E-state index contributed by atoms with van der Waals surface area (Å²) in [4.78, 5) is 23.7. The largest absolute Gasteiger partial charge is 0.371 e. The number of anilines is 1. The Kier molecular flexibility index (Phi) is 5.12. The molecule has 1 aromatic carbocycles. The molecule has 0 unspecified atom stereocenters. The Morgan fingerprint density at radius 2 is 1.78 bits per heavy atom. The number of hydrogen-bond donors (Lipinski definition) is 2. The molecule has 0 radical (unpaired) electrons. The highest BCUT2D eigenvalue weighted by Gasteiger charge is 2.18. The van der Waals surface area contributed by atoms with Crippen LogP contribution in [0.25, 0.3) is 55.8 Å². The minimum Gasteiger partial charge on any atom is -0.371 e. The maximum absolute atomic E-state index is 14.7. The third-order valence-electron chi connectivity index (χ3n) is 6.95. The van der Waals surface area contributed by atoms with Crippen LogP contribution in [0.1, 0.15) is 19.3 Å². The van der Waals surface area contributed by atoms with E-state index in [4.69, 9.17) is 4.98 Å². The van der Waals surface area contributed by atoms with Crippen LogP contribution in [0.4, 0.5) is 10.1 Å². The monoisotopic (exact) mass is 490 g/mol. The van der Waals surface area contributed by atoms with E-state index in [0.717, 1.165) is 76.0 Å². The molecular formula is C28H23FN8. The molecule has 1 saturated heterocycles. The number of imidazole rings is 1. The van der Waals surface area contributed by atoms with Crippen molar-refractivity contribution in [3.63, 3.8) is 0 Å². The zero-order chi connectivity index (χ0) is 24.8. The Bertz CT molecular complexity index is 1730. The highest BCUT2D eigenvalue weighted by molar-refractivity contribution is 5.97. The third kappa shape index (κ3) is 3.88. The van der Waals surface area contributed by atoms with E-state index in [9.17, 15) is 4.39 Å². The van der Waals surface area contributed by atoms with Gasteiger partial charge in [-0.3, -0.25) is 15.1 Å². The number of aromatic amines is 2. The van der Waals surface area contributed by atoms with Crippen LogP contribution < -0.4 is 4.90 Å². The summed E-state index contributed by atoms with van der Waals surface area (Å²) < 4.78 is 14.7. The van der Waals surface area contributed by atoms with Crippen LogP contribution in [0.2, 0.25) is 0 Å². The molecule has 1 aliphatic heterocycles. The predicted molar refractivity (Wildman–Crippen MR) is 141 cm³/mol. The summed E-state index contributed by atoms with van der Waals surface area (Å²) in [5.74, 6) is 0.351. The topological polar surface area (TPSA) is 99.3 Å². The van der Waals surface area contributed by atoms with Crippen molar-refractivity contribution in [3.05, 3.63) is 73.2 Å². The lowest BCUT2D eigenvalue weighted by atomic mass is 10.0. The summed E-state index contributed by atoms with van der Waals surface area (Å²) in [6.45, 7) is 1.89. The van der Waals surface area contributed by atoms with Gasteiger partial charge in [-0.05, 0) is 55.2 Å². The van der Waals surface area contributed by atoms with Gasteiger partial charge < -0.3 is 9.88 Å². The van der Waals surface area contributed by atoms with Gasteiger partial charge in [0.1, 0.15) is 11.5 Å². The Hall–Kier alpha value is -4.66. The van der Waals surface area contributed by atoms with Gasteiger partial charge in [0.15, 0.2) is 11.5 Å². The van der Waals surface area contributed by atoms with E-state index in [1.807, 2.05) is 24.3 Å². The minimum atomic E-state index is -0.264. The zero-order valence-electron chi connectivity index (χ0n) is 19.9. The summed E-state index contributed by atoms with van der Waals surface area (Å²) in [5.41, 5.74) is 7.14. The molecule has 0 bridgehead atoms. The van der Waals surface area contributed by atoms with E-state index >= 15 is 0 Å². The molecule has 1 aliphatic rings. The molecule has 8 nitrogen and oxygen atoms in total. The number of nitrogens with one attached hydrogen (secondary N) is 2. The maximum Gasteiger partial charge on any atom is 0.181 e. The summed E-state index contributed by atoms with van der Waals surface area (Å²) in [7, 11) is 0. The molecule has 5 aromatic heterocycles. The fourth-order valence-corrected chi connectivity index (χ4v) is 5.10. The standard InChI is InChI=1S/C28H23FN8/c29-20-9-18(10-21(12-20)37-7-2-1-3-8-37)23-15-31-16-24-25(23)34-28(33-24)26-22-11-19(14-32-27(22)36-35-26)17-5-4-6-30-13-17/h4-6,9-16H,1-3,7-8H2,(H,33,34)(H,32,35,36). The minimum absolute atomic E-state index is 0.264. The van der Waals surface area contributed by atoms with Crippen molar-refractivity contribution in [2.24, 2.45) is 0 Å². The van der Waals surface area contributed by atoms with Crippen molar-refractivity contribution in [1.29, 1.82) is 0 Å². The Morgan fingerprint density at radius 3 is 2.65 bits per heavy atom. The van der Waals surface area contributed by atoms with Crippen LogP contribution in [0.15, 0.2) is 67.4 Å². The quantitative estimate of drug-likeness (QED) is 0.326. The van der Waals surface area contributed by atoms with E-state index in [2.05, 4.69) is 35.0 Å². The van der Waals surface area contributed by atoms with Crippen molar-refractivity contribution >= 4 is 27.8 Å². The van der Waals surface area contributed by atoms with Crippen molar-refractivity contribution in [2.45, 2.75) is 19.3 Å². The van der Waals surface area contributed by atoms with Gasteiger partial charge in [-0.15, -0.1) is 0 Å². The van der Waals surface area contributed by atoms with Gasteiger partial charge in [0, 0.05) is 60.3 Å². The predicted octanol–water partition coefficient (Wildman–Crippen LogP) is 5.75. The number of aromatic nitrogens is 7. The van der Waals surface area contributed by atoms with Crippen molar-refractivity contribution < 1.29 is 4.39 Å². The zero-order valence-corrected chi connectivity index (χ0v) is 19.9. The smallest absolute Gasteiger partial charge is 0.181 e. The van der Waals surface area contributed by atoms with Crippen LogP contribution in [0.5, 0.6) is 0 Å². The average molecular weight is 491 g/mol. The number of pyridine rings is 3. The number of piperidine rings is 1. The first-order valence-corrected chi connectivity index (χ1v) is 12.4. The molecule has 9 heteroatoms. The first-order valence-electron chi connectivity index (χ1n) is 12.4. The molecular weight excluding hydrogens is 467 g/mol. The number of hydrogen-bond acceptors (Lipinski definition) is 6. The molecule has 0 saturated carbocycles. The van der Waals surface area contributed by atoms with Gasteiger partial charge in [-0.2, -0.15) is 5.10 Å². The molecule has 2 N–H and O–H groups in total. The number of halogens is 1. The van der Waals surface area contributed by atoms with Gasteiger partial charge in [-0.1, -0.05) is 6.07 Å². The number of benzene rings is 1. The Labute approximate surface area is 211 Å². The van der Waals surface area contributed by atoms with Gasteiger partial charge >= 0.3 is 0 Å². The molecule has 0 aliphatic carbocycles. The van der Waals surface area contributed by atoms with Crippen LogP contribution >= 0.6 is 0 Å². The summed E-state index contributed by atoms with van der Waals surface area (Å²) >= 11 is 0. The molecule has 1 fully saturated rings. The Balaban J connectivity index is 1.33. The third-order valence-corrected chi connectivity index (χ3v) is 6.95. The summed E-state index contributed by atoms with van der Waals surface area (Å²) in [5, 5.41) is 8.30. The van der Waals surface area contributed by atoms with E-state index in [-0.39, 0.29) is 5.82 Å². The fourth-order valence-electron chi connectivity index (χ4n) is 5.10. The molecule has 0 atom stereocenters. The van der Waals surface area contributed by atoms with Gasteiger partial charge in [0.2, 0.25) is 0 Å². The second-order valence-electron chi connectivity index (χ2n) is 9.35. The molecule has 7 rings (SSSR count). The molecule has 6 heterocycles. The van der Waals surface area contributed by atoms with Crippen molar-refractivity contribution in [1.82, 2.24) is 35.1 Å². The lowest BCUT2D eigenvalue weighted by molar-refractivity contribution is 0.574. The Morgan fingerprint density at radius 1 is 0.865 bits per heavy atom. The molecule has 0 amide bonds. The lowest BCUT2D eigenvalue weighted by Gasteiger charge is -2.29. The van der Waals surface area contributed by atoms with E-state index in [0.29, 0.717) is 11.5 Å². The van der Waals surface area contributed by atoms with E-state index in [1.54, 1.807) is 43.1 Å². The van der Waals surface area contributed by atoms with Gasteiger partial charge in [0.05, 0.1) is 22.6 Å².